The van der Waals surface area contributed by atoms with Gasteiger partial charge in [0.25, 0.3) is 0 Å². The summed E-state index contributed by atoms with van der Waals surface area (Å²) in [6.45, 7) is 0. The molecule has 0 radical (unpaired) electrons. The first-order chi connectivity index (χ1) is 6.94. The monoisotopic (exact) mass is 248 g/mol. The zero-order valence-corrected chi connectivity index (χ0v) is 12.1. The van der Waals surface area contributed by atoms with E-state index in [-0.39, 0.29) is 0 Å². The topological polar surface area (TPSA) is 9.72 Å². The summed E-state index contributed by atoms with van der Waals surface area (Å²) in [5, 5.41) is 0. The molecule has 0 saturated carbocycles. The number of rotatable bonds is 4. The van der Waals surface area contributed by atoms with Crippen molar-refractivity contribution in [2.24, 2.45) is 0 Å². The van der Waals surface area contributed by atoms with Gasteiger partial charge < -0.3 is 0 Å². The second kappa shape index (κ2) is 4.85. The van der Waals surface area contributed by atoms with Crippen LogP contribution in [0.5, 0.6) is 0 Å². The van der Waals surface area contributed by atoms with Gasteiger partial charge in [-0.05, 0) is 0 Å². The van der Waals surface area contributed by atoms with Crippen molar-refractivity contribution in [2.75, 3.05) is 42.3 Å². The van der Waals surface area contributed by atoms with E-state index in [2.05, 4.69) is 77.8 Å². The number of nitrogens with zero attached hydrogens (tertiary/aromatic N) is 3. The van der Waals surface area contributed by atoms with Crippen LogP contribution < -0.4 is 0 Å². The van der Waals surface area contributed by atoms with E-state index < -0.39 is 14.7 Å². The van der Waals surface area contributed by atoms with Gasteiger partial charge >= 0.3 is 97.2 Å². The fourth-order valence-corrected chi connectivity index (χ4v) is 9.41. The van der Waals surface area contributed by atoms with Crippen molar-refractivity contribution in [3.63, 3.8) is 0 Å². The molecule has 4 heteroatoms. The van der Waals surface area contributed by atoms with Crippen LogP contribution in [-0.2, 0) is 14.7 Å². The summed E-state index contributed by atoms with van der Waals surface area (Å²) in [6, 6.07) is 0. The van der Waals surface area contributed by atoms with Crippen LogP contribution in [0.25, 0.3) is 0 Å². The third-order valence-corrected chi connectivity index (χ3v) is 10.2. The molecule has 0 spiro atoms. The maximum absolute atomic E-state index is 2.43. The predicted octanol–water partition coefficient (Wildman–Crippen LogP) is 1.48. The summed E-state index contributed by atoms with van der Waals surface area (Å²) < 4.78 is 7.87. The third-order valence-electron chi connectivity index (χ3n) is 2.89. The molecule has 15 heavy (non-hydrogen) atoms. The van der Waals surface area contributed by atoms with Gasteiger partial charge in [-0.2, -0.15) is 0 Å². The van der Waals surface area contributed by atoms with Crippen molar-refractivity contribution >= 4 is 0 Å². The minimum absolute atomic E-state index is 0.572. The predicted molar refractivity (Wildman–Crippen MR) is 63.1 cm³/mol. The molecule has 0 aromatic rings. The van der Waals surface area contributed by atoms with Crippen molar-refractivity contribution in [3.8, 4) is 0 Å². The Balaban J connectivity index is 3.13. The Hall–Kier alpha value is -0.0556. The van der Waals surface area contributed by atoms with Gasteiger partial charge in [0.2, 0.25) is 0 Å². The molecule has 3 nitrogen and oxygen atoms in total. The fourth-order valence-electron chi connectivity index (χ4n) is 2.52. The van der Waals surface area contributed by atoms with E-state index in [4.69, 9.17) is 0 Å². The molecule has 0 amide bonds. The average molecular weight is 248 g/mol. The van der Waals surface area contributed by atoms with Crippen LogP contribution >= 0.6 is 0 Å². The first-order valence-electron chi connectivity index (χ1n) is 5.21. The van der Waals surface area contributed by atoms with E-state index in [9.17, 15) is 0 Å². The van der Waals surface area contributed by atoms with E-state index in [1.54, 1.807) is 0 Å². The van der Waals surface area contributed by atoms with Crippen LogP contribution in [0, 0.1) is 0 Å². The maximum atomic E-state index is 2.43. The van der Waals surface area contributed by atoms with Crippen molar-refractivity contribution in [2.45, 2.75) is 4.63 Å². The Morgan fingerprint density at radius 1 is 0.733 bits per heavy atom. The van der Waals surface area contributed by atoms with Crippen LogP contribution in [0.2, 0.25) is 4.63 Å². The first-order valence-corrected chi connectivity index (χ1v) is 7.89. The van der Waals surface area contributed by atoms with Gasteiger partial charge in [0.1, 0.15) is 0 Å². The van der Waals surface area contributed by atoms with E-state index in [1.807, 2.05) is 0 Å². The summed E-state index contributed by atoms with van der Waals surface area (Å²) in [6.07, 6.45) is 8.98. The molecular formula is C11H23N3V. The molecule has 1 rings (SSSR count). The molecule has 0 aromatic heterocycles. The van der Waals surface area contributed by atoms with Crippen LogP contribution in [0.15, 0.2) is 24.3 Å². The Labute approximate surface area is 97.4 Å². The number of allylic oxidation sites excluding steroid dienone is 4. The molecule has 0 aliphatic heterocycles. The van der Waals surface area contributed by atoms with Gasteiger partial charge in [0.05, 0.1) is 0 Å². The van der Waals surface area contributed by atoms with Crippen molar-refractivity contribution in [1.29, 1.82) is 0 Å². The number of hydrogen-bond acceptors (Lipinski definition) is 3. The van der Waals surface area contributed by atoms with Gasteiger partial charge in [0.15, 0.2) is 0 Å². The second-order valence-corrected chi connectivity index (χ2v) is 11.0. The molecule has 0 N–H and O–H groups in total. The van der Waals surface area contributed by atoms with Crippen LogP contribution in [0.3, 0.4) is 0 Å². The van der Waals surface area contributed by atoms with Gasteiger partial charge in [-0.3, -0.25) is 0 Å². The van der Waals surface area contributed by atoms with Gasteiger partial charge in [-0.15, -0.1) is 0 Å². The van der Waals surface area contributed by atoms with Gasteiger partial charge in [-0.1, -0.05) is 0 Å². The van der Waals surface area contributed by atoms with Gasteiger partial charge in [0, 0.05) is 0 Å². The Bertz CT molecular complexity index is 235. The Kier molecular flexibility index (Phi) is 4.21. The fraction of sp³-hybridized carbons (Fsp3) is 0.636. The van der Waals surface area contributed by atoms with E-state index >= 15 is 0 Å². The van der Waals surface area contributed by atoms with E-state index in [0.717, 1.165) is 0 Å². The first kappa shape index (κ1) is 13.0. The van der Waals surface area contributed by atoms with Crippen molar-refractivity contribution in [1.82, 2.24) is 11.2 Å². The summed E-state index contributed by atoms with van der Waals surface area (Å²) in [5.41, 5.74) is 0. The average Bonchev–Trinajstić information content (AvgIpc) is 2.55. The molecule has 0 heterocycles. The number of hydrogen-bond donors (Lipinski definition) is 0. The molecule has 1 aliphatic carbocycles. The zero-order valence-electron chi connectivity index (χ0n) is 10.7. The van der Waals surface area contributed by atoms with Gasteiger partial charge in [-0.25, -0.2) is 0 Å². The summed E-state index contributed by atoms with van der Waals surface area (Å²) >= 11 is -2.17. The standard InChI is InChI=1S/C5H5.3C2H6N.V/c1-2-4-5-3-1;3*1-3-2;/h1-5H;3*1-2H3;/q;3*-1;+3. The molecule has 0 bridgehead atoms. The van der Waals surface area contributed by atoms with E-state index in [0.29, 0.717) is 4.63 Å². The van der Waals surface area contributed by atoms with Crippen LogP contribution in [0.4, 0.5) is 0 Å². The van der Waals surface area contributed by atoms with Crippen LogP contribution in [-0.4, -0.2) is 53.5 Å². The second-order valence-electron chi connectivity index (χ2n) is 4.42. The molecule has 1 aliphatic rings. The molecule has 87 valence electrons. The summed E-state index contributed by atoms with van der Waals surface area (Å²) in [5.74, 6) is 0. The molecule has 0 fully saturated rings. The quantitative estimate of drug-likeness (QED) is 0.746. The Morgan fingerprint density at radius 2 is 1.07 bits per heavy atom. The third kappa shape index (κ3) is 2.08. The normalized spacial score (nSPS) is 17.7. The van der Waals surface area contributed by atoms with Crippen LogP contribution in [0.1, 0.15) is 0 Å². The molecule has 0 atom stereocenters. The summed E-state index contributed by atoms with van der Waals surface area (Å²) in [4.78, 5) is 0. The minimum atomic E-state index is -2.17. The molecule has 0 unspecified atom stereocenters. The van der Waals surface area contributed by atoms with E-state index in [1.165, 1.54) is 0 Å². The summed E-state index contributed by atoms with van der Waals surface area (Å²) in [7, 11) is 13.2. The van der Waals surface area contributed by atoms with Crippen molar-refractivity contribution < 1.29 is 14.7 Å². The Morgan fingerprint density at radius 3 is 1.33 bits per heavy atom. The molecule has 0 aromatic carbocycles. The SMILES string of the molecule is C[N](C)[V]([CH]1C=CC=C1)([N](C)C)[N](C)C. The zero-order chi connectivity index (χ0) is 11.6. The molecular weight excluding hydrogens is 225 g/mol. The molecule has 0 saturated heterocycles. The van der Waals surface area contributed by atoms with Crippen molar-refractivity contribution in [3.05, 3.63) is 24.3 Å².